The minimum absolute atomic E-state index is 0. The average Bonchev–Trinajstić information content (AvgIpc) is 3.25. The van der Waals surface area contributed by atoms with Gasteiger partial charge in [-0.1, -0.05) is 32.9 Å². The number of amides is 4. The van der Waals surface area contributed by atoms with Crippen molar-refractivity contribution < 1.29 is 32.3 Å². The highest BCUT2D eigenvalue weighted by atomic mass is 35.5. The van der Waals surface area contributed by atoms with Crippen LogP contribution in [-0.2, 0) is 25.7 Å². The number of benzene rings is 1. The van der Waals surface area contributed by atoms with Crippen molar-refractivity contribution in [1.29, 1.82) is 0 Å². The van der Waals surface area contributed by atoms with Crippen molar-refractivity contribution in [3.8, 4) is 0 Å². The number of anilines is 3. The van der Waals surface area contributed by atoms with Crippen LogP contribution < -0.4 is 21.3 Å². The maximum Gasteiger partial charge on any atom is 0.471 e. The van der Waals surface area contributed by atoms with E-state index in [0.29, 0.717) is 12.2 Å². The molecule has 1 saturated heterocycles. The molecule has 2 aromatic rings. The highest BCUT2D eigenvalue weighted by Gasteiger charge is 2.63. The largest absolute Gasteiger partial charge is 0.471 e. The third-order valence-electron chi connectivity index (χ3n) is 7.07. The van der Waals surface area contributed by atoms with Gasteiger partial charge in [-0.2, -0.15) is 18.3 Å². The second-order valence-electron chi connectivity index (χ2n) is 10.6. The summed E-state index contributed by atoms with van der Waals surface area (Å²) in [7, 11) is 0. The maximum atomic E-state index is 13.6. The number of carbonyl (C=O) groups excluding carboxylic acids is 4. The molecule has 4 rings (SSSR count). The van der Waals surface area contributed by atoms with Crippen molar-refractivity contribution in [3.05, 3.63) is 35.9 Å². The van der Waals surface area contributed by atoms with Gasteiger partial charge in [0.2, 0.25) is 17.7 Å². The van der Waals surface area contributed by atoms with Gasteiger partial charge in [0.05, 0.1) is 0 Å². The summed E-state index contributed by atoms with van der Waals surface area (Å²) in [5, 5.41) is 10.5. The Morgan fingerprint density at radius 2 is 1.58 bits per heavy atom. The Morgan fingerprint density at radius 1 is 1.03 bits per heavy atom. The average molecular weight is 557 g/mol. The minimum atomic E-state index is -5.13. The number of nitrogens with one attached hydrogen (secondary N) is 3. The van der Waals surface area contributed by atoms with Gasteiger partial charge in [0.15, 0.2) is 5.82 Å². The fourth-order valence-electron chi connectivity index (χ4n) is 5.76. The van der Waals surface area contributed by atoms with E-state index >= 15 is 0 Å². The van der Waals surface area contributed by atoms with Crippen molar-refractivity contribution in [2.24, 2.45) is 22.0 Å². The summed E-state index contributed by atoms with van der Waals surface area (Å²) < 4.78 is 37.8. The van der Waals surface area contributed by atoms with Crippen molar-refractivity contribution in [2.45, 2.75) is 52.8 Å². The number of fused-ring (bicyclic) bond motifs is 2. The molecular formula is C24H28ClF3N6O4. The summed E-state index contributed by atoms with van der Waals surface area (Å²) >= 11 is 0. The number of rotatable bonds is 5. The number of piperidine rings is 1. The summed E-state index contributed by atoms with van der Waals surface area (Å²) in [4.78, 5) is 52.6. The van der Waals surface area contributed by atoms with Crippen LogP contribution in [0.4, 0.5) is 30.5 Å². The van der Waals surface area contributed by atoms with Crippen LogP contribution in [-0.4, -0.2) is 40.0 Å². The number of hydrogen-bond donors (Lipinski definition) is 4. The summed E-state index contributed by atoms with van der Waals surface area (Å²) in [6, 6.07) is 8.01. The van der Waals surface area contributed by atoms with Crippen LogP contribution in [0.25, 0.3) is 0 Å². The third kappa shape index (κ3) is 5.12. The molecule has 1 saturated carbocycles. The maximum absolute atomic E-state index is 13.6. The second kappa shape index (κ2) is 9.70. The van der Waals surface area contributed by atoms with E-state index < -0.39 is 46.0 Å². The van der Waals surface area contributed by atoms with E-state index in [0.717, 1.165) is 16.5 Å². The number of hydrogen-bond acceptors (Lipinski definition) is 6. The number of halogens is 4. The zero-order valence-corrected chi connectivity index (χ0v) is 21.7. The lowest BCUT2D eigenvalue weighted by Gasteiger charge is -2.55. The highest BCUT2D eigenvalue weighted by Crippen LogP contribution is 2.59. The predicted molar refractivity (Wildman–Crippen MR) is 134 cm³/mol. The molecule has 1 aromatic carbocycles. The van der Waals surface area contributed by atoms with E-state index in [1.165, 1.54) is 0 Å². The molecular weight excluding hydrogens is 529 g/mol. The van der Waals surface area contributed by atoms with E-state index in [1.54, 1.807) is 50.4 Å². The van der Waals surface area contributed by atoms with E-state index in [9.17, 15) is 32.3 Å². The molecule has 1 aliphatic carbocycles. The SMILES string of the molecule is CC1(C(=O)Nc2ccc(CN)cc2)C[C@@]2(C)C[C@@](C)(C1)C(=O)N(c1cc(NC(=O)C(F)(F)F)[nH]n1)C2=O.Cl. The molecule has 2 aliphatic rings. The normalized spacial score (nSPS) is 27.0. The third-order valence-corrected chi connectivity index (χ3v) is 7.07. The first-order chi connectivity index (χ1) is 17.1. The zero-order chi connectivity index (χ0) is 27.4. The first-order valence-electron chi connectivity index (χ1n) is 11.5. The first-order valence-corrected chi connectivity index (χ1v) is 11.5. The van der Waals surface area contributed by atoms with Gasteiger partial charge in [-0.05, 0) is 37.0 Å². The zero-order valence-electron chi connectivity index (χ0n) is 20.9. The number of carbonyl (C=O) groups is 4. The van der Waals surface area contributed by atoms with Gasteiger partial charge in [-0.25, -0.2) is 4.90 Å². The Morgan fingerprint density at radius 3 is 2.08 bits per heavy atom. The monoisotopic (exact) mass is 556 g/mol. The number of aromatic amines is 1. The lowest BCUT2D eigenvalue weighted by molar-refractivity contribution is -0.167. The van der Waals surface area contributed by atoms with Crippen molar-refractivity contribution in [3.63, 3.8) is 0 Å². The number of nitrogens with two attached hydrogens (primary N) is 1. The van der Waals surface area contributed by atoms with Crippen LogP contribution in [0, 0.1) is 16.2 Å². The highest BCUT2D eigenvalue weighted by molar-refractivity contribution is 6.20. The lowest BCUT2D eigenvalue weighted by Crippen LogP contribution is -2.65. The standard InChI is InChI=1S/C24H27F3N6O4.ClH/c1-21(17(34)29-14-6-4-13(9-28)5-7-14)10-22(2)12-23(3,11-21)20(37)33(19(22)36)16-8-15(31-32-16)30-18(35)24(25,26)27;/h4-8H,9-12,28H2,1-3H3,(H,29,34)(H2,30,31,32,35);1H/t21?,22-,23+;. The van der Waals surface area contributed by atoms with Crippen LogP contribution in [0.1, 0.15) is 45.6 Å². The van der Waals surface area contributed by atoms with Gasteiger partial charge in [-0.15, -0.1) is 12.4 Å². The topological polar surface area (TPSA) is 150 Å². The Kier molecular flexibility index (Phi) is 7.43. The van der Waals surface area contributed by atoms with Crippen LogP contribution in [0.5, 0.6) is 0 Å². The van der Waals surface area contributed by atoms with Crippen LogP contribution in [0.15, 0.2) is 30.3 Å². The molecule has 1 unspecified atom stereocenters. The fraction of sp³-hybridized carbons (Fsp3) is 0.458. The molecule has 3 atom stereocenters. The molecule has 1 aliphatic heterocycles. The van der Waals surface area contributed by atoms with E-state index in [1.807, 2.05) is 0 Å². The van der Waals surface area contributed by atoms with Gasteiger partial charge in [0.25, 0.3) is 0 Å². The number of aromatic nitrogens is 2. The minimum Gasteiger partial charge on any atom is -0.326 e. The van der Waals surface area contributed by atoms with E-state index in [2.05, 4.69) is 15.5 Å². The molecule has 2 bridgehead atoms. The number of alkyl halides is 3. The molecule has 0 radical (unpaired) electrons. The Hall–Kier alpha value is -3.45. The molecule has 10 nitrogen and oxygen atoms in total. The molecule has 206 valence electrons. The number of imide groups is 1. The lowest BCUT2D eigenvalue weighted by atomic mass is 9.51. The number of H-pyrrole nitrogens is 1. The van der Waals surface area contributed by atoms with Gasteiger partial charge < -0.3 is 16.4 Å². The smallest absolute Gasteiger partial charge is 0.326 e. The summed E-state index contributed by atoms with van der Waals surface area (Å²) in [5.41, 5.74) is 3.73. The fourth-order valence-corrected chi connectivity index (χ4v) is 5.76. The van der Waals surface area contributed by atoms with Gasteiger partial charge in [0, 0.05) is 34.5 Å². The molecule has 38 heavy (non-hydrogen) atoms. The summed E-state index contributed by atoms with van der Waals surface area (Å²) in [6.45, 7) is 5.39. The van der Waals surface area contributed by atoms with Crippen molar-refractivity contribution >= 4 is 53.4 Å². The molecule has 4 amide bonds. The molecule has 14 heteroatoms. The van der Waals surface area contributed by atoms with E-state index in [-0.39, 0.29) is 43.4 Å². The number of nitrogens with zero attached hydrogens (tertiary/aromatic N) is 2. The molecule has 0 spiro atoms. The Labute approximate surface area is 222 Å². The van der Waals surface area contributed by atoms with Gasteiger partial charge in [-0.3, -0.25) is 24.3 Å². The molecule has 2 fully saturated rings. The van der Waals surface area contributed by atoms with Crippen LogP contribution in [0.2, 0.25) is 0 Å². The predicted octanol–water partition coefficient (Wildman–Crippen LogP) is 3.51. The quantitative estimate of drug-likeness (QED) is 0.414. The molecule has 5 N–H and O–H groups in total. The molecule has 2 heterocycles. The Bertz CT molecular complexity index is 1250. The van der Waals surface area contributed by atoms with Crippen molar-refractivity contribution in [2.75, 3.05) is 15.5 Å². The van der Waals surface area contributed by atoms with Crippen LogP contribution >= 0.6 is 12.4 Å². The van der Waals surface area contributed by atoms with Gasteiger partial charge in [0.1, 0.15) is 5.82 Å². The second-order valence-corrected chi connectivity index (χ2v) is 10.6. The van der Waals surface area contributed by atoms with Crippen molar-refractivity contribution in [1.82, 2.24) is 10.2 Å². The molecule has 1 aromatic heterocycles. The van der Waals surface area contributed by atoms with E-state index in [4.69, 9.17) is 5.73 Å². The first kappa shape index (κ1) is 29.1. The summed E-state index contributed by atoms with van der Waals surface area (Å²) in [5.74, 6) is -4.47. The summed E-state index contributed by atoms with van der Waals surface area (Å²) in [6.07, 6.45) is -4.66. The van der Waals surface area contributed by atoms with Crippen LogP contribution in [0.3, 0.4) is 0 Å². The van der Waals surface area contributed by atoms with Gasteiger partial charge >= 0.3 is 12.1 Å². The Balaban J connectivity index is 0.00000400.